The van der Waals surface area contributed by atoms with Crippen molar-refractivity contribution in [2.24, 2.45) is 5.73 Å². The van der Waals surface area contributed by atoms with Crippen molar-refractivity contribution in [3.8, 4) is 5.75 Å². The number of urea groups is 1. The second-order valence-corrected chi connectivity index (χ2v) is 5.64. The van der Waals surface area contributed by atoms with Gasteiger partial charge in [-0.05, 0) is 17.7 Å². The molecule has 8 nitrogen and oxygen atoms in total. The van der Waals surface area contributed by atoms with E-state index in [-0.39, 0.29) is 6.42 Å². The third-order valence-electron chi connectivity index (χ3n) is 3.58. The average molecular weight is 371 g/mol. The van der Waals surface area contributed by atoms with Crippen molar-refractivity contribution in [2.75, 3.05) is 19.0 Å². The molecule has 2 rings (SSSR count). The van der Waals surface area contributed by atoms with Crippen molar-refractivity contribution < 1.29 is 23.9 Å². The fraction of sp³-hybridized carbons (Fsp3) is 0.211. The van der Waals surface area contributed by atoms with E-state index in [2.05, 4.69) is 10.6 Å². The number of hydrogen-bond donors (Lipinski definition) is 3. The molecule has 4 N–H and O–H groups in total. The standard InChI is InChI=1S/C19H21N3O5/c1-26-15-9-5-8-14(11-15)21-17(23)12-27-18(24)16(22-19(20)25)10-13-6-3-2-4-7-13/h2-9,11,16H,10,12H2,1H3,(H,21,23)(H3,20,22,25)/t16-/m0/s1. The summed E-state index contributed by atoms with van der Waals surface area (Å²) in [4.78, 5) is 35.4. The first-order valence-corrected chi connectivity index (χ1v) is 8.18. The molecule has 3 amide bonds. The van der Waals surface area contributed by atoms with Gasteiger partial charge in [0, 0.05) is 18.2 Å². The zero-order valence-electron chi connectivity index (χ0n) is 14.8. The van der Waals surface area contributed by atoms with E-state index in [1.165, 1.54) is 7.11 Å². The number of nitrogens with one attached hydrogen (secondary N) is 2. The molecule has 0 saturated carbocycles. The predicted molar refractivity (Wildman–Crippen MR) is 99.2 cm³/mol. The number of anilines is 1. The highest BCUT2D eigenvalue weighted by Crippen LogP contribution is 2.16. The molecule has 0 radical (unpaired) electrons. The first-order valence-electron chi connectivity index (χ1n) is 8.18. The summed E-state index contributed by atoms with van der Waals surface area (Å²) in [6.45, 7) is -0.498. The first kappa shape index (κ1) is 19.8. The molecule has 0 aromatic heterocycles. The number of amides is 3. The minimum atomic E-state index is -0.991. The normalized spacial score (nSPS) is 11.1. The lowest BCUT2D eigenvalue weighted by Gasteiger charge is -2.16. The van der Waals surface area contributed by atoms with Gasteiger partial charge >= 0.3 is 12.0 Å². The Morgan fingerprint density at radius 1 is 1.07 bits per heavy atom. The molecule has 142 valence electrons. The predicted octanol–water partition coefficient (Wildman–Crippen LogP) is 1.46. The SMILES string of the molecule is COc1cccc(NC(=O)COC(=O)[C@H](Cc2ccccc2)NC(N)=O)c1. The van der Waals surface area contributed by atoms with Crippen LogP contribution in [-0.2, 0) is 20.7 Å². The zero-order chi connectivity index (χ0) is 19.6. The summed E-state index contributed by atoms with van der Waals surface area (Å²) in [5.41, 5.74) is 6.44. The van der Waals surface area contributed by atoms with Gasteiger partial charge < -0.3 is 25.8 Å². The number of primary amides is 1. The highest BCUT2D eigenvalue weighted by Gasteiger charge is 2.22. The van der Waals surface area contributed by atoms with E-state index in [9.17, 15) is 14.4 Å². The number of nitrogens with two attached hydrogens (primary N) is 1. The van der Waals surface area contributed by atoms with Crippen molar-refractivity contribution in [1.82, 2.24) is 5.32 Å². The van der Waals surface area contributed by atoms with E-state index >= 15 is 0 Å². The van der Waals surface area contributed by atoms with Gasteiger partial charge in [0.1, 0.15) is 11.8 Å². The van der Waals surface area contributed by atoms with Gasteiger partial charge in [0.05, 0.1) is 7.11 Å². The van der Waals surface area contributed by atoms with Crippen molar-refractivity contribution in [3.63, 3.8) is 0 Å². The van der Waals surface area contributed by atoms with Crippen LogP contribution >= 0.6 is 0 Å². The van der Waals surface area contributed by atoms with Gasteiger partial charge in [0.15, 0.2) is 6.61 Å². The van der Waals surface area contributed by atoms with Crippen molar-refractivity contribution >= 4 is 23.6 Å². The van der Waals surface area contributed by atoms with E-state index in [1.807, 2.05) is 18.2 Å². The lowest BCUT2D eigenvalue weighted by atomic mass is 10.1. The molecule has 27 heavy (non-hydrogen) atoms. The lowest BCUT2D eigenvalue weighted by molar-refractivity contribution is -0.149. The molecule has 2 aromatic rings. The number of carbonyl (C=O) groups is 3. The minimum absolute atomic E-state index is 0.195. The molecule has 0 saturated heterocycles. The molecule has 2 aromatic carbocycles. The van der Waals surface area contributed by atoms with Crippen molar-refractivity contribution in [1.29, 1.82) is 0 Å². The molecular formula is C19H21N3O5. The van der Waals surface area contributed by atoms with E-state index in [1.54, 1.807) is 36.4 Å². The number of benzene rings is 2. The summed E-state index contributed by atoms with van der Waals surface area (Å²) < 4.78 is 10.1. The van der Waals surface area contributed by atoms with Crippen LogP contribution in [-0.4, -0.2) is 37.7 Å². The number of methoxy groups -OCH3 is 1. The quantitative estimate of drug-likeness (QED) is 0.607. The van der Waals surface area contributed by atoms with Gasteiger partial charge in [0.2, 0.25) is 0 Å². The zero-order valence-corrected chi connectivity index (χ0v) is 14.8. The fourth-order valence-electron chi connectivity index (χ4n) is 2.35. The van der Waals surface area contributed by atoms with Crippen LogP contribution in [0.1, 0.15) is 5.56 Å². The molecule has 0 heterocycles. The van der Waals surface area contributed by atoms with Gasteiger partial charge in [-0.25, -0.2) is 9.59 Å². The Morgan fingerprint density at radius 2 is 1.81 bits per heavy atom. The summed E-state index contributed by atoms with van der Waals surface area (Å²) in [5, 5.41) is 4.93. The Hall–Kier alpha value is -3.55. The summed E-state index contributed by atoms with van der Waals surface area (Å²) in [5.74, 6) is -0.689. The van der Waals surface area contributed by atoms with Crippen LogP contribution in [0.3, 0.4) is 0 Å². The highest BCUT2D eigenvalue weighted by atomic mass is 16.5. The summed E-state index contributed by atoms with van der Waals surface area (Å²) in [6.07, 6.45) is 0.195. The minimum Gasteiger partial charge on any atom is -0.497 e. The van der Waals surface area contributed by atoms with Crippen LogP contribution in [0.25, 0.3) is 0 Å². The number of rotatable bonds is 8. The number of carbonyl (C=O) groups excluding carboxylic acids is 3. The maximum atomic E-state index is 12.2. The fourth-order valence-corrected chi connectivity index (χ4v) is 2.35. The summed E-state index contributed by atoms with van der Waals surface area (Å²) in [6, 6.07) is 14.0. The van der Waals surface area contributed by atoms with Gasteiger partial charge in [-0.2, -0.15) is 0 Å². The molecule has 8 heteroatoms. The molecule has 0 aliphatic carbocycles. The maximum absolute atomic E-state index is 12.2. The second-order valence-electron chi connectivity index (χ2n) is 5.64. The molecule has 0 spiro atoms. The van der Waals surface area contributed by atoms with Gasteiger partial charge in [-0.1, -0.05) is 36.4 Å². The largest absolute Gasteiger partial charge is 0.497 e. The van der Waals surface area contributed by atoms with Crippen LogP contribution in [0.4, 0.5) is 10.5 Å². The van der Waals surface area contributed by atoms with E-state index in [4.69, 9.17) is 15.2 Å². The molecule has 0 unspecified atom stereocenters. The van der Waals surface area contributed by atoms with E-state index < -0.39 is 30.6 Å². The summed E-state index contributed by atoms with van der Waals surface area (Å²) >= 11 is 0. The number of ether oxygens (including phenoxy) is 2. The van der Waals surface area contributed by atoms with Crippen LogP contribution in [0.15, 0.2) is 54.6 Å². The summed E-state index contributed by atoms with van der Waals surface area (Å²) in [7, 11) is 1.52. The van der Waals surface area contributed by atoms with E-state index in [0.717, 1.165) is 5.56 Å². The lowest BCUT2D eigenvalue weighted by Crippen LogP contribution is -2.46. The third kappa shape index (κ3) is 6.69. The Morgan fingerprint density at radius 3 is 2.48 bits per heavy atom. The van der Waals surface area contributed by atoms with Crippen LogP contribution in [0.2, 0.25) is 0 Å². The molecule has 0 aliphatic rings. The molecule has 1 atom stereocenters. The third-order valence-corrected chi connectivity index (χ3v) is 3.58. The Labute approximate surface area is 156 Å². The Balaban J connectivity index is 1.91. The topological polar surface area (TPSA) is 120 Å². The van der Waals surface area contributed by atoms with Crippen LogP contribution < -0.4 is 21.1 Å². The molecule has 0 aliphatic heterocycles. The number of esters is 1. The molecular weight excluding hydrogens is 350 g/mol. The van der Waals surface area contributed by atoms with Gasteiger partial charge in [-0.3, -0.25) is 4.79 Å². The Bertz CT molecular complexity index is 795. The first-order chi connectivity index (χ1) is 13.0. The smallest absolute Gasteiger partial charge is 0.329 e. The molecule has 0 fully saturated rings. The average Bonchev–Trinajstić information content (AvgIpc) is 2.66. The molecule has 0 bridgehead atoms. The Kier molecular flexibility index (Phi) is 7.18. The maximum Gasteiger partial charge on any atom is 0.329 e. The van der Waals surface area contributed by atoms with Crippen molar-refractivity contribution in [3.05, 3.63) is 60.2 Å². The second kappa shape index (κ2) is 9.81. The van der Waals surface area contributed by atoms with E-state index in [0.29, 0.717) is 11.4 Å². The monoisotopic (exact) mass is 371 g/mol. The van der Waals surface area contributed by atoms with Crippen LogP contribution in [0, 0.1) is 0 Å². The van der Waals surface area contributed by atoms with Gasteiger partial charge in [-0.15, -0.1) is 0 Å². The van der Waals surface area contributed by atoms with Crippen LogP contribution in [0.5, 0.6) is 5.75 Å². The van der Waals surface area contributed by atoms with Crippen molar-refractivity contribution in [2.45, 2.75) is 12.5 Å². The number of hydrogen-bond acceptors (Lipinski definition) is 5. The van der Waals surface area contributed by atoms with Gasteiger partial charge in [0.25, 0.3) is 5.91 Å². The highest BCUT2D eigenvalue weighted by molar-refractivity contribution is 5.93.